The van der Waals surface area contributed by atoms with Gasteiger partial charge in [-0.3, -0.25) is 15.0 Å². The van der Waals surface area contributed by atoms with Crippen LogP contribution in [0.3, 0.4) is 0 Å². The highest BCUT2D eigenvalue weighted by Gasteiger charge is 2.25. The highest BCUT2D eigenvalue weighted by atomic mass is 16.2. The van der Waals surface area contributed by atoms with Gasteiger partial charge in [0.05, 0.1) is 6.54 Å². The Hall–Kier alpha value is -1.14. The number of hydrogen-bond donors (Lipinski definition) is 3. The van der Waals surface area contributed by atoms with Gasteiger partial charge in [0.15, 0.2) is 0 Å². The maximum atomic E-state index is 11.3. The Balaban J connectivity index is 2.36. The Kier molecular flexibility index (Phi) is 4.51. The van der Waals surface area contributed by atoms with E-state index in [1.54, 1.807) is 0 Å². The first-order chi connectivity index (χ1) is 7.13. The van der Waals surface area contributed by atoms with Crippen LogP contribution in [0, 0.1) is 0 Å². The molecule has 15 heavy (non-hydrogen) atoms. The minimum absolute atomic E-state index is 0.245. The van der Waals surface area contributed by atoms with E-state index in [0.717, 1.165) is 25.9 Å². The summed E-state index contributed by atoms with van der Waals surface area (Å²) in [6, 6.07) is -0.405. The van der Waals surface area contributed by atoms with Crippen LogP contribution >= 0.6 is 0 Å². The van der Waals surface area contributed by atoms with Crippen molar-refractivity contribution in [2.24, 2.45) is 5.73 Å². The molecule has 3 amide bonds. The summed E-state index contributed by atoms with van der Waals surface area (Å²) in [5, 5.41) is 5.16. The Morgan fingerprint density at radius 1 is 1.53 bits per heavy atom. The first kappa shape index (κ1) is 11.9. The SMILES string of the molecule is CNCC1CCCN1CC(=O)NC(N)=O. The van der Waals surface area contributed by atoms with Crippen LogP contribution in [0.4, 0.5) is 4.79 Å². The summed E-state index contributed by atoms with van der Waals surface area (Å²) >= 11 is 0. The lowest BCUT2D eigenvalue weighted by Crippen LogP contribution is -2.45. The van der Waals surface area contributed by atoms with Crippen molar-refractivity contribution in [3.63, 3.8) is 0 Å². The fourth-order valence-corrected chi connectivity index (χ4v) is 1.93. The average Bonchev–Trinajstić information content (AvgIpc) is 2.52. The highest BCUT2D eigenvalue weighted by molar-refractivity contribution is 5.94. The van der Waals surface area contributed by atoms with Gasteiger partial charge in [-0.25, -0.2) is 4.79 Å². The number of likely N-dealkylation sites (tertiary alicyclic amines) is 1. The number of urea groups is 1. The van der Waals surface area contributed by atoms with Crippen LogP contribution in [-0.2, 0) is 4.79 Å². The molecule has 0 saturated carbocycles. The van der Waals surface area contributed by atoms with Crippen LogP contribution in [0.15, 0.2) is 0 Å². The molecule has 1 rings (SSSR count). The first-order valence-electron chi connectivity index (χ1n) is 5.11. The van der Waals surface area contributed by atoms with Crippen molar-refractivity contribution in [2.75, 3.05) is 26.7 Å². The Bertz CT molecular complexity index is 244. The first-order valence-corrected chi connectivity index (χ1v) is 5.11. The van der Waals surface area contributed by atoms with Gasteiger partial charge >= 0.3 is 6.03 Å². The maximum Gasteiger partial charge on any atom is 0.318 e. The maximum absolute atomic E-state index is 11.3. The van der Waals surface area contributed by atoms with Crippen LogP contribution in [0.1, 0.15) is 12.8 Å². The fourth-order valence-electron chi connectivity index (χ4n) is 1.93. The number of primary amides is 1. The molecular formula is C9H18N4O2. The lowest BCUT2D eigenvalue weighted by atomic mass is 10.2. The van der Waals surface area contributed by atoms with E-state index < -0.39 is 6.03 Å². The van der Waals surface area contributed by atoms with Crippen LogP contribution in [0.5, 0.6) is 0 Å². The van der Waals surface area contributed by atoms with Crippen molar-refractivity contribution >= 4 is 11.9 Å². The predicted molar refractivity (Wildman–Crippen MR) is 56.2 cm³/mol. The minimum Gasteiger partial charge on any atom is -0.351 e. The van der Waals surface area contributed by atoms with Crippen LogP contribution in [0.2, 0.25) is 0 Å². The molecule has 6 nitrogen and oxygen atoms in total. The molecule has 0 aliphatic carbocycles. The number of likely N-dealkylation sites (N-methyl/N-ethyl adjacent to an activating group) is 1. The zero-order valence-corrected chi connectivity index (χ0v) is 8.95. The standard InChI is InChI=1S/C9H18N4O2/c1-11-5-7-3-2-4-13(7)6-8(14)12-9(10)15/h7,11H,2-6H2,1H3,(H3,10,12,14,15). The van der Waals surface area contributed by atoms with Gasteiger partial charge in [0.2, 0.25) is 5.91 Å². The Labute approximate surface area is 89.2 Å². The van der Waals surface area contributed by atoms with E-state index in [1.165, 1.54) is 0 Å². The van der Waals surface area contributed by atoms with E-state index >= 15 is 0 Å². The quantitative estimate of drug-likeness (QED) is 0.552. The molecule has 0 spiro atoms. The van der Waals surface area contributed by atoms with E-state index in [1.807, 2.05) is 7.05 Å². The van der Waals surface area contributed by atoms with Gasteiger partial charge in [0.1, 0.15) is 0 Å². The number of carbonyl (C=O) groups excluding carboxylic acids is 2. The third-order valence-corrected chi connectivity index (χ3v) is 2.55. The molecule has 4 N–H and O–H groups in total. The fraction of sp³-hybridized carbons (Fsp3) is 0.778. The summed E-state index contributed by atoms with van der Waals surface area (Å²) in [7, 11) is 1.89. The van der Waals surface area contributed by atoms with Crippen molar-refractivity contribution in [3.8, 4) is 0 Å². The molecule has 0 bridgehead atoms. The molecule has 1 aliphatic heterocycles. The summed E-state index contributed by atoms with van der Waals surface area (Å²) in [5.41, 5.74) is 4.86. The summed E-state index contributed by atoms with van der Waals surface area (Å²) in [6.45, 7) is 2.01. The summed E-state index contributed by atoms with van der Waals surface area (Å²) < 4.78 is 0. The van der Waals surface area contributed by atoms with E-state index in [-0.39, 0.29) is 12.5 Å². The van der Waals surface area contributed by atoms with Gasteiger partial charge in [0, 0.05) is 12.6 Å². The monoisotopic (exact) mass is 214 g/mol. The van der Waals surface area contributed by atoms with E-state index in [4.69, 9.17) is 5.73 Å². The second-order valence-electron chi connectivity index (χ2n) is 3.74. The highest BCUT2D eigenvalue weighted by Crippen LogP contribution is 2.15. The van der Waals surface area contributed by atoms with Gasteiger partial charge in [-0.05, 0) is 26.4 Å². The van der Waals surface area contributed by atoms with Crippen LogP contribution in [-0.4, -0.2) is 49.6 Å². The smallest absolute Gasteiger partial charge is 0.318 e. The number of amides is 3. The number of carbonyl (C=O) groups is 2. The van der Waals surface area contributed by atoms with Gasteiger partial charge in [-0.15, -0.1) is 0 Å². The normalized spacial score (nSPS) is 21.5. The van der Waals surface area contributed by atoms with Gasteiger partial charge in [-0.1, -0.05) is 0 Å². The van der Waals surface area contributed by atoms with Gasteiger partial charge in [-0.2, -0.15) is 0 Å². The minimum atomic E-state index is -0.788. The second kappa shape index (κ2) is 5.67. The van der Waals surface area contributed by atoms with Gasteiger partial charge < -0.3 is 11.1 Å². The van der Waals surface area contributed by atoms with Crippen molar-refractivity contribution in [1.29, 1.82) is 0 Å². The molecule has 0 aromatic rings. The van der Waals surface area contributed by atoms with Gasteiger partial charge in [0.25, 0.3) is 0 Å². The molecule has 1 aliphatic rings. The number of rotatable bonds is 4. The summed E-state index contributed by atoms with van der Waals surface area (Å²) in [6.07, 6.45) is 2.18. The summed E-state index contributed by atoms with van der Waals surface area (Å²) in [5.74, 6) is -0.328. The molecule has 0 aromatic heterocycles. The molecule has 1 atom stereocenters. The molecule has 1 heterocycles. The predicted octanol–water partition coefficient (Wildman–Crippen LogP) is -1.13. The summed E-state index contributed by atoms with van der Waals surface area (Å²) in [4.78, 5) is 23.8. The molecule has 1 unspecified atom stereocenters. The Morgan fingerprint density at radius 2 is 2.27 bits per heavy atom. The molecule has 0 radical (unpaired) electrons. The van der Waals surface area contributed by atoms with E-state index in [0.29, 0.717) is 6.04 Å². The zero-order valence-electron chi connectivity index (χ0n) is 8.95. The zero-order chi connectivity index (χ0) is 11.3. The number of hydrogen-bond acceptors (Lipinski definition) is 4. The molecular weight excluding hydrogens is 196 g/mol. The lowest BCUT2D eigenvalue weighted by Gasteiger charge is -2.23. The number of nitrogens with two attached hydrogens (primary N) is 1. The largest absolute Gasteiger partial charge is 0.351 e. The molecule has 6 heteroatoms. The topological polar surface area (TPSA) is 87.5 Å². The number of nitrogens with zero attached hydrogens (tertiary/aromatic N) is 1. The van der Waals surface area contributed by atoms with Crippen LogP contribution in [0.25, 0.3) is 0 Å². The van der Waals surface area contributed by atoms with Crippen molar-refractivity contribution < 1.29 is 9.59 Å². The third-order valence-electron chi connectivity index (χ3n) is 2.55. The van der Waals surface area contributed by atoms with Crippen LogP contribution < -0.4 is 16.4 Å². The molecule has 1 fully saturated rings. The number of nitrogens with one attached hydrogen (secondary N) is 2. The van der Waals surface area contributed by atoms with Crippen molar-refractivity contribution in [1.82, 2.24) is 15.5 Å². The molecule has 1 saturated heterocycles. The average molecular weight is 214 g/mol. The molecule has 86 valence electrons. The lowest BCUT2D eigenvalue weighted by molar-refractivity contribution is -0.121. The van der Waals surface area contributed by atoms with Crippen molar-refractivity contribution in [3.05, 3.63) is 0 Å². The van der Waals surface area contributed by atoms with E-state index in [9.17, 15) is 9.59 Å². The molecule has 0 aromatic carbocycles. The third kappa shape index (κ3) is 3.85. The van der Waals surface area contributed by atoms with E-state index in [2.05, 4.69) is 15.5 Å². The number of imide groups is 1. The second-order valence-corrected chi connectivity index (χ2v) is 3.74. The van der Waals surface area contributed by atoms with Crippen molar-refractivity contribution in [2.45, 2.75) is 18.9 Å². The Morgan fingerprint density at radius 3 is 2.87 bits per heavy atom.